The Morgan fingerprint density at radius 2 is 1.87 bits per heavy atom. The molecule has 5 nitrogen and oxygen atoms in total. The van der Waals surface area contributed by atoms with Crippen molar-refractivity contribution in [3.63, 3.8) is 0 Å². The molecule has 1 aliphatic rings. The molecule has 6 heteroatoms. The molecule has 0 aliphatic carbocycles. The summed E-state index contributed by atoms with van der Waals surface area (Å²) in [5.41, 5.74) is 0.972. The lowest BCUT2D eigenvalue weighted by molar-refractivity contribution is -0.120. The lowest BCUT2D eigenvalue weighted by Crippen LogP contribution is -2.48. The lowest BCUT2D eigenvalue weighted by Gasteiger charge is -2.38. The summed E-state index contributed by atoms with van der Waals surface area (Å²) in [6.07, 6.45) is 1.62. The van der Waals surface area contributed by atoms with Crippen molar-refractivity contribution in [2.24, 2.45) is 0 Å². The molecule has 1 aromatic carbocycles. The number of rotatable bonds is 6. The molecule has 1 atom stereocenters. The van der Waals surface area contributed by atoms with Crippen LogP contribution in [0.15, 0.2) is 30.3 Å². The molecular formula is C17H25NO4S. The zero-order valence-corrected chi connectivity index (χ0v) is 14.6. The van der Waals surface area contributed by atoms with E-state index in [0.717, 1.165) is 18.4 Å². The molecule has 1 heterocycles. The molecule has 0 bridgehead atoms. The van der Waals surface area contributed by atoms with E-state index in [0.29, 0.717) is 19.8 Å². The van der Waals surface area contributed by atoms with Crippen molar-refractivity contribution in [3.8, 4) is 0 Å². The highest BCUT2D eigenvalue weighted by Gasteiger charge is 2.36. The van der Waals surface area contributed by atoms with E-state index in [2.05, 4.69) is 17.4 Å². The van der Waals surface area contributed by atoms with Gasteiger partial charge < -0.3 is 10.1 Å². The molecule has 0 radical (unpaired) electrons. The first-order chi connectivity index (χ1) is 10.9. The van der Waals surface area contributed by atoms with Gasteiger partial charge in [0.25, 0.3) is 0 Å². The fourth-order valence-corrected chi connectivity index (χ4v) is 3.84. The molecule has 0 spiro atoms. The van der Waals surface area contributed by atoms with Crippen LogP contribution < -0.4 is 5.32 Å². The smallest absolute Gasteiger partial charge is 0.238 e. The molecule has 1 N–H and O–H groups in total. The highest BCUT2D eigenvalue weighted by molar-refractivity contribution is 7.92. The maximum atomic E-state index is 12.2. The predicted octanol–water partition coefficient (Wildman–Crippen LogP) is 1.67. The Hall–Kier alpha value is -1.40. The van der Waals surface area contributed by atoms with Gasteiger partial charge in [0.05, 0.1) is 0 Å². The van der Waals surface area contributed by atoms with Crippen molar-refractivity contribution in [3.05, 3.63) is 35.9 Å². The van der Waals surface area contributed by atoms with Crippen LogP contribution in [0.5, 0.6) is 0 Å². The summed E-state index contributed by atoms with van der Waals surface area (Å²) in [7, 11) is -3.37. The summed E-state index contributed by atoms with van der Waals surface area (Å²) in [4.78, 5) is 12.2. The zero-order valence-electron chi connectivity index (χ0n) is 13.7. The number of carbonyl (C=O) groups excluding carboxylic acids is 1. The fourth-order valence-electron chi connectivity index (χ4n) is 2.93. The van der Waals surface area contributed by atoms with Crippen LogP contribution in [0.1, 0.15) is 32.3 Å². The average molecular weight is 339 g/mol. The summed E-state index contributed by atoms with van der Waals surface area (Å²) in [6.45, 7) is 4.74. The second-order valence-corrected chi connectivity index (χ2v) is 8.68. The van der Waals surface area contributed by atoms with Gasteiger partial charge in [-0.2, -0.15) is 0 Å². The average Bonchev–Trinajstić information content (AvgIpc) is 2.60. The van der Waals surface area contributed by atoms with Crippen LogP contribution in [-0.2, 0) is 24.8 Å². The van der Waals surface area contributed by atoms with Crippen LogP contribution >= 0.6 is 0 Å². The number of nitrogens with one attached hydrogen (secondary N) is 1. The molecule has 1 saturated heterocycles. The maximum absolute atomic E-state index is 12.2. The van der Waals surface area contributed by atoms with Crippen LogP contribution in [0.25, 0.3) is 0 Å². The van der Waals surface area contributed by atoms with Gasteiger partial charge in [0.15, 0.2) is 9.84 Å². The van der Waals surface area contributed by atoms with Gasteiger partial charge in [-0.25, -0.2) is 8.42 Å². The number of sulfone groups is 1. The van der Waals surface area contributed by atoms with Crippen molar-refractivity contribution in [1.82, 2.24) is 5.32 Å². The Labute approximate surface area is 138 Å². The van der Waals surface area contributed by atoms with Crippen molar-refractivity contribution < 1.29 is 17.9 Å². The SMILES string of the molecule is CCS(=O)(=O)[C@@H](C)C(=O)NCC1(c2ccccc2)CCOCC1. The van der Waals surface area contributed by atoms with E-state index < -0.39 is 21.0 Å². The minimum absolute atomic E-state index is 0.0285. The second kappa shape index (κ2) is 7.45. The first-order valence-electron chi connectivity index (χ1n) is 8.04. The first kappa shape index (κ1) is 17.9. The normalized spacial score (nSPS) is 19.0. The summed E-state index contributed by atoms with van der Waals surface area (Å²) in [5.74, 6) is -0.451. The number of hydrogen-bond acceptors (Lipinski definition) is 4. The molecule has 1 aliphatic heterocycles. The zero-order chi connectivity index (χ0) is 16.9. The van der Waals surface area contributed by atoms with Crippen LogP contribution in [-0.4, -0.2) is 45.1 Å². The number of benzene rings is 1. The number of ether oxygens (including phenoxy) is 1. The van der Waals surface area contributed by atoms with Crippen molar-refractivity contribution in [2.45, 2.75) is 37.4 Å². The van der Waals surface area contributed by atoms with Gasteiger partial charge in [-0.3, -0.25) is 4.79 Å². The van der Waals surface area contributed by atoms with E-state index in [9.17, 15) is 13.2 Å². The lowest BCUT2D eigenvalue weighted by atomic mass is 9.74. The molecule has 2 rings (SSSR count). The van der Waals surface area contributed by atoms with Gasteiger partial charge >= 0.3 is 0 Å². The van der Waals surface area contributed by atoms with Gasteiger partial charge in [0, 0.05) is 30.9 Å². The van der Waals surface area contributed by atoms with Gasteiger partial charge in [0.2, 0.25) is 5.91 Å². The summed E-state index contributed by atoms with van der Waals surface area (Å²) in [6, 6.07) is 10.1. The Bertz CT molecular complexity index is 621. The van der Waals surface area contributed by atoms with Gasteiger partial charge in [0.1, 0.15) is 5.25 Å². The van der Waals surface area contributed by atoms with Crippen molar-refractivity contribution >= 4 is 15.7 Å². The number of amides is 1. The van der Waals surface area contributed by atoms with Crippen molar-refractivity contribution in [2.75, 3.05) is 25.5 Å². The summed E-state index contributed by atoms with van der Waals surface area (Å²) >= 11 is 0. The van der Waals surface area contributed by atoms with Gasteiger partial charge in [-0.1, -0.05) is 37.3 Å². The summed E-state index contributed by atoms with van der Waals surface area (Å²) < 4.78 is 29.2. The van der Waals surface area contributed by atoms with E-state index in [1.165, 1.54) is 6.92 Å². The molecule has 0 aromatic heterocycles. The molecule has 23 heavy (non-hydrogen) atoms. The maximum Gasteiger partial charge on any atom is 0.238 e. The van der Waals surface area contributed by atoms with E-state index >= 15 is 0 Å². The van der Waals surface area contributed by atoms with E-state index in [4.69, 9.17) is 4.74 Å². The van der Waals surface area contributed by atoms with E-state index in [1.807, 2.05) is 18.2 Å². The minimum Gasteiger partial charge on any atom is -0.381 e. The number of hydrogen-bond donors (Lipinski definition) is 1. The molecular weight excluding hydrogens is 314 g/mol. The minimum atomic E-state index is -3.37. The first-order valence-corrected chi connectivity index (χ1v) is 9.75. The standard InChI is InChI=1S/C17H25NO4S/c1-3-23(20,21)14(2)16(19)18-13-17(9-11-22-12-10-17)15-7-5-4-6-8-15/h4-8,14H,3,9-13H2,1-2H3,(H,18,19)/t14-/m0/s1. The van der Waals surface area contributed by atoms with Crippen molar-refractivity contribution in [1.29, 1.82) is 0 Å². The third-order valence-electron chi connectivity index (χ3n) is 4.75. The third-order valence-corrected chi connectivity index (χ3v) is 6.84. The van der Waals surface area contributed by atoms with Crippen LogP contribution in [0.3, 0.4) is 0 Å². The quantitative estimate of drug-likeness (QED) is 0.856. The predicted molar refractivity (Wildman–Crippen MR) is 90.1 cm³/mol. The molecule has 1 aromatic rings. The third kappa shape index (κ3) is 4.12. The monoisotopic (exact) mass is 339 g/mol. The number of carbonyl (C=O) groups is 1. The highest BCUT2D eigenvalue weighted by Crippen LogP contribution is 2.34. The highest BCUT2D eigenvalue weighted by atomic mass is 32.2. The topological polar surface area (TPSA) is 72.5 Å². The van der Waals surface area contributed by atoms with Gasteiger partial charge in [-0.05, 0) is 25.3 Å². The van der Waals surface area contributed by atoms with Crippen LogP contribution in [0.2, 0.25) is 0 Å². The van der Waals surface area contributed by atoms with E-state index in [-0.39, 0.29) is 11.2 Å². The molecule has 128 valence electrons. The Morgan fingerprint density at radius 3 is 2.43 bits per heavy atom. The second-order valence-electron chi connectivity index (χ2n) is 6.07. The van der Waals surface area contributed by atoms with Gasteiger partial charge in [-0.15, -0.1) is 0 Å². The Kier molecular flexibility index (Phi) is 5.81. The Morgan fingerprint density at radius 1 is 1.26 bits per heavy atom. The summed E-state index contributed by atoms with van der Waals surface area (Å²) in [5, 5.41) is 1.84. The van der Waals surface area contributed by atoms with E-state index in [1.54, 1.807) is 6.92 Å². The molecule has 0 unspecified atom stereocenters. The fraction of sp³-hybridized carbons (Fsp3) is 0.588. The molecule has 0 saturated carbocycles. The van der Waals surface area contributed by atoms with Crippen LogP contribution in [0.4, 0.5) is 0 Å². The largest absolute Gasteiger partial charge is 0.381 e. The van der Waals surface area contributed by atoms with Crippen LogP contribution in [0, 0.1) is 0 Å². The molecule has 1 fully saturated rings. The molecule has 1 amide bonds. The Balaban J connectivity index is 2.12.